The summed E-state index contributed by atoms with van der Waals surface area (Å²) in [7, 11) is 0. The molecule has 23 heavy (non-hydrogen) atoms. The molecule has 2 aliphatic heterocycles. The number of hydrogen-bond donors (Lipinski definition) is 1. The molecule has 1 aromatic carbocycles. The average Bonchev–Trinajstić information content (AvgIpc) is 2.44. The number of rotatable bonds is 1. The highest BCUT2D eigenvalue weighted by Crippen LogP contribution is 2.51. The molecule has 2 nitrogen and oxygen atoms in total. The first-order valence-electron chi connectivity index (χ1n) is 7.33. The van der Waals surface area contributed by atoms with Crippen molar-refractivity contribution in [3.8, 4) is 0 Å². The lowest BCUT2D eigenvalue weighted by atomic mass is 9.84. The van der Waals surface area contributed by atoms with Gasteiger partial charge < -0.3 is 10.0 Å². The van der Waals surface area contributed by atoms with Gasteiger partial charge in [0.2, 0.25) is 0 Å². The van der Waals surface area contributed by atoms with Crippen LogP contribution in [0, 0.1) is 0 Å². The Balaban J connectivity index is 2.20. The van der Waals surface area contributed by atoms with Crippen LogP contribution < -0.4 is 4.90 Å². The van der Waals surface area contributed by atoms with Crippen LogP contribution in [0.5, 0.6) is 0 Å². The molecule has 0 atom stereocenters. The van der Waals surface area contributed by atoms with E-state index >= 15 is 0 Å². The number of nitrogens with zero attached hydrogens (tertiary/aromatic N) is 1. The van der Waals surface area contributed by atoms with Crippen molar-refractivity contribution < 1.29 is 31.4 Å². The van der Waals surface area contributed by atoms with Gasteiger partial charge >= 0.3 is 12.4 Å². The minimum atomic E-state index is -5.84. The van der Waals surface area contributed by atoms with Gasteiger partial charge in [0.15, 0.2) is 0 Å². The predicted molar refractivity (Wildman–Crippen MR) is 71.3 cm³/mol. The highest BCUT2D eigenvalue weighted by molar-refractivity contribution is 5.64. The molecule has 128 valence electrons. The van der Waals surface area contributed by atoms with Gasteiger partial charge in [-0.25, -0.2) is 0 Å². The molecule has 1 aromatic rings. The Kier molecular flexibility index (Phi) is 3.59. The number of alkyl halides is 6. The van der Waals surface area contributed by atoms with Gasteiger partial charge in [0, 0.05) is 24.3 Å². The summed E-state index contributed by atoms with van der Waals surface area (Å²) in [4.78, 5) is 2.00. The van der Waals surface area contributed by atoms with Gasteiger partial charge in [-0.15, -0.1) is 0 Å². The number of aliphatic hydroxyl groups is 1. The fraction of sp³-hybridized carbons (Fsp3) is 0.600. The molecule has 0 aliphatic carbocycles. The van der Waals surface area contributed by atoms with Gasteiger partial charge in [0.25, 0.3) is 5.60 Å². The second-order valence-electron chi connectivity index (χ2n) is 6.04. The van der Waals surface area contributed by atoms with Crippen molar-refractivity contribution in [2.75, 3.05) is 18.0 Å². The number of anilines is 1. The van der Waals surface area contributed by atoms with Crippen molar-refractivity contribution in [3.63, 3.8) is 0 Å². The van der Waals surface area contributed by atoms with Crippen LogP contribution in [0.3, 0.4) is 0 Å². The SMILES string of the molecule is OC(c1cc2c3c(c1)CCCN3CCC2)(C(F)(F)F)C(F)(F)F. The lowest BCUT2D eigenvalue weighted by Gasteiger charge is -2.39. The number of benzene rings is 1. The maximum Gasteiger partial charge on any atom is 0.430 e. The van der Waals surface area contributed by atoms with Crippen molar-refractivity contribution >= 4 is 5.69 Å². The van der Waals surface area contributed by atoms with E-state index in [9.17, 15) is 31.4 Å². The highest BCUT2D eigenvalue weighted by atomic mass is 19.4. The zero-order chi connectivity index (χ0) is 17.0. The summed E-state index contributed by atoms with van der Waals surface area (Å²) >= 11 is 0. The summed E-state index contributed by atoms with van der Waals surface area (Å²) in [5.74, 6) is 0. The minimum Gasteiger partial charge on any atom is -0.371 e. The van der Waals surface area contributed by atoms with Gasteiger partial charge in [0.1, 0.15) is 0 Å². The van der Waals surface area contributed by atoms with Crippen LogP contribution >= 0.6 is 0 Å². The molecule has 0 saturated heterocycles. The second-order valence-corrected chi connectivity index (χ2v) is 6.04. The van der Waals surface area contributed by atoms with Crippen LogP contribution in [-0.2, 0) is 18.4 Å². The van der Waals surface area contributed by atoms with Gasteiger partial charge in [0.05, 0.1) is 0 Å². The van der Waals surface area contributed by atoms with E-state index in [1.165, 1.54) is 0 Å². The van der Waals surface area contributed by atoms with E-state index in [2.05, 4.69) is 0 Å². The quantitative estimate of drug-likeness (QED) is 0.789. The predicted octanol–water partition coefficient (Wildman–Crippen LogP) is 3.70. The van der Waals surface area contributed by atoms with Crippen molar-refractivity contribution in [3.05, 3.63) is 28.8 Å². The fourth-order valence-electron chi connectivity index (χ4n) is 3.50. The third kappa shape index (κ3) is 2.38. The molecule has 0 saturated carbocycles. The second kappa shape index (κ2) is 5.03. The molecule has 0 unspecified atom stereocenters. The van der Waals surface area contributed by atoms with Crippen molar-refractivity contribution in [2.24, 2.45) is 0 Å². The van der Waals surface area contributed by atoms with Crippen molar-refractivity contribution in [1.82, 2.24) is 0 Å². The van der Waals surface area contributed by atoms with Crippen molar-refractivity contribution in [2.45, 2.75) is 43.6 Å². The Bertz CT molecular complexity index is 576. The van der Waals surface area contributed by atoms with E-state index in [-0.39, 0.29) is 0 Å². The molecule has 1 N–H and O–H groups in total. The first-order chi connectivity index (χ1) is 10.6. The maximum atomic E-state index is 13.1. The standard InChI is InChI=1S/C15H15F6NO/c16-14(17,18)13(23,15(19,20)21)11-7-9-3-1-5-22-6-2-4-10(8-11)12(9)22/h7-8,23H,1-6H2. The Labute approximate surface area is 128 Å². The molecule has 0 bridgehead atoms. The summed E-state index contributed by atoms with van der Waals surface area (Å²) in [5.41, 5.74) is -4.32. The molecular formula is C15H15F6NO. The van der Waals surface area contributed by atoms with E-state index in [1.807, 2.05) is 4.90 Å². The number of hydrogen-bond acceptors (Lipinski definition) is 2. The molecule has 0 amide bonds. The first kappa shape index (κ1) is 16.4. The summed E-state index contributed by atoms with van der Waals surface area (Å²) in [5, 5.41) is 9.60. The Morgan fingerprint density at radius 3 is 1.65 bits per heavy atom. The fourth-order valence-corrected chi connectivity index (χ4v) is 3.50. The Morgan fingerprint density at radius 1 is 0.826 bits per heavy atom. The highest BCUT2D eigenvalue weighted by Gasteiger charge is 2.71. The van der Waals surface area contributed by atoms with E-state index in [4.69, 9.17) is 0 Å². The maximum absolute atomic E-state index is 13.1. The van der Waals surface area contributed by atoms with E-state index in [1.54, 1.807) is 0 Å². The normalized spacial score (nSPS) is 18.8. The average molecular weight is 339 g/mol. The summed E-state index contributed by atoms with van der Waals surface area (Å²) in [6.07, 6.45) is -9.50. The van der Waals surface area contributed by atoms with Gasteiger partial charge in [-0.2, -0.15) is 26.3 Å². The molecule has 2 aliphatic rings. The smallest absolute Gasteiger partial charge is 0.371 e. The largest absolute Gasteiger partial charge is 0.430 e. The zero-order valence-electron chi connectivity index (χ0n) is 12.1. The van der Waals surface area contributed by atoms with Gasteiger partial charge in [-0.1, -0.05) is 12.1 Å². The van der Waals surface area contributed by atoms with Gasteiger partial charge in [-0.3, -0.25) is 0 Å². The van der Waals surface area contributed by atoms with E-state index in [0.717, 1.165) is 30.9 Å². The molecule has 0 aromatic heterocycles. The molecule has 2 heterocycles. The van der Waals surface area contributed by atoms with Crippen LogP contribution in [-0.4, -0.2) is 30.5 Å². The van der Waals surface area contributed by atoms with E-state index in [0.29, 0.717) is 36.8 Å². The van der Waals surface area contributed by atoms with Gasteiger partial charge in [-0.05, 0) is 36.8 Å². The Morgan fingerprint density at radius 2 is 1.26 bits per heavy atom. The van der Waals surface area contributed by atoms with Crippen LogP contribution in [0.4, 0.5) is 32.0 Å². The minimum absolute atomic E-state index is 0.415. The molecule has 0 fully saturated rings. The zero-order valence-corrected chi connectivity index (χ0v) is 12.1. The molecule has 8 heteroatoms. The van der Waals surface area contributed by atoms with Crippen LogP contribution in [0.1, 0.15) is 29.5 Å². The van der Waals surface area contributed by atoms with Crippen LogP contribution in [0.2, 0.25) is 0 Å². The lowest BCUT2D eigenvalue weighted by Crippen LogP contribution is -2.54. The molecular weight excluding hydrogens is 324 g/mol. The molecule has 0 spiro atoms. The summed E-state index contributed by atoms with van der Waals surface area (Å²) in [6, 6.07) is 1.74. The van der Waals surface area contributed by atoms with E-state index < -0.39 is 23.5 Å². The molecule has 0 radical (unpaired) electrons. The lowest BCUT2D eigenvalue weighted by molar-refractivity contribution is -0.376. The summed E-state index contributed by atoms with van der Waals surface area (Å²) in [6.45, 7) is 1.50. The monoisotopic (exact) mass is 339 g/mol. The van der Waals surface area contributed by atoms with Crippen LogP contribution in [0.15, 0.2) is 12.1 Å². The molecule has 3 rings (SSSR count). The number of halogens is 6. The third-order valence-electron chi connectivity index (χ3n) is 4.57. The van der Waals surface area contributed by atoms with Crippen LogP contribution in [0.25, 0.3) is 0 Å². The number of aryl methyl sites for hydroxylation is 2. The topological polar surface area (TPSA) is 23.5 Å². The first-order valence-corrected chi connectivity index (χ1v) is 7.33. The Hall–Kier alpha value is -1.44. The third-order valence-corrected chi connectivity index (χ3v) is 4.57. The summed E-state index contributed by atoms with van der Waals surface area (Å²) < 4.78 is 78.4. The van der Waals surface area contributed by atoms with Crippen molar-refractivity contribution in [1.29, 1.82) is 0 Å².